The van der Waals surface area contributed by atoms with Crippen LogP contribution in [0.2, 0.25) is 0 Å². The number of amides is 1. The number of nitrogens with one attached hydrogen (secondary N) is 3. The van der Waals surface area contributed by atoms with E-state index in [1.807, 2.05) is 19.1 Å². The predicted octanol–water partition coefficient (Wildman–Crippen LogP) is 2.44. The summed E-state index contributed by atoms with van der Waals surface area (Å²) in [5, 5.41) is 2.93. The zero-order valence-electron chi connectivity index (χ0n) is 18.1. The molecule has 33 heavy (non-hydrogen) atoms. The van der Waals surface area contributed by atoms with Gasteiger partial charge in [0.15, 0.2) is 11.6 Å². The molecule has 0 atom stereocenters. The Kier molecular flexibility index (Phi) is 7.03. The van der Waals surface area contributed by atoms with Crippen LogP contribution < -0.4 is 21.9 Å². The number of nitrogens with two attached hydrogens (primary N) is 1. The van der Waals surface area contributed by atoms with Crippen molar-refractivity contribution in [3.8, 4) is 0 Å². The molecular weight excluding hydrogens is 428 g/mol. The van der Waals surface area contributed by atoms with E-state index in [4.69, 9.17) is 15.2 Å². The molecule has 0 aliphatic carbocycles. The largest absolute Gasteiger partial charge is 0.465 e. The first-order chi connectivity index (χ1) is 15.8. The lowest BCUT2D eigenvalue weighted by atomic mass is 10.1. The second-order valence-electron chi connectivity index (χ2n) is 6.84. The quantitative estimate of drug-likeness (QED) is 0.311. The van der Waals surface area contributed by atoms with E-state index in [-0.39, 0.29) is 34.4 Å². The second-order valence-corrected chi connectivity index (χ2v) is 6.84. The zero-order valence-corrected chi connectivity index (χ0v) is 18.1. The molecule has 11 heteroatoms. The molecule has 0 bridgehead atoms. The van der Waals surface area contributed by atoms with E-state index in [0.29, 0.717) is 11.3 Å². The molecule has 1 aromatic heterocycles. The third-order valence-electron chi connectivity index (χ3n) is 4.53. The fraction of sp³-hybridized carbons (Fsp3) is 0.136. The number of carbonyl (C=O) groups excluding carboxylic acids is 3. The standard InChI is InChI=1S/C22H22N6O5/c1-12-4-6-13(7-5-12)20(29)28-27-19-17(23)18(24-11-25-19)26-16-9-14(21(30)32-2)8-15(10-16)22(31)33-3/h4-11H,23H2,1-3H3,(H,28,29)(H2,24,25,26,27). The van der Waals surface area contributed by atoms with Crippen LogP contribution in [0.3, 0.4) is 0 Å². The number of benzene rings is 2. The molecule has 0 aliphatic heterocycles. The summed E-state index contributed by atoms with van der Waals surface area (Å²) in [4.78, 5) is 44.4. The first kappa shape index (κ1) is 23.0. The zero-order chi connectivity index (χ0) is 24.0. The minimum Gasteiger partial charge on any atom is -0.465 e. The van der Waals surface area contributed by atoms with Gasteiger partial charge in [-0.2, -0.15) is 0 Å². The van der Waals surface area contributed by atoms with Gasteiger partial charge in [0.25, 0.3) is 5.91 Å². The van der Waals surface area contributed by atoms with Crippen LogP contribution in [0.4, 0.5) is 23.0 Å². The van der Waals surface area contributed by atoms with Gasteiger partial charge in [0.1, 0.15) is 12.0 Å². The third kappa shape index (κ3) is 5.53. The molecule has 1 heterocycles. The fourth-order valence-corrected chi connectivity index (χ4v) is 2.80. The average Bonchev–Trinajstić information content (AvgIpc) is 2.83. The molecule has 1 amide bonds. The molecule has 11 nitrogen and oxygen atoms in total. The Hall–Kier alpha value is -4.67. The maximum Gasteiger partial charge on any atom is 0.337 e. The lowest BCUT2D eigenvalue weighted by Gasteiger charge is -2.14. The number of aryl methyl sites for hydroxylation is 1. The topological polar surface area (TPSA) is 158 Å². The summed E-state index contributed by atoms with van der Waals surface area (Å²) in [6.07, 6.45) is 1.23. The Morgan fingerprint density at radius 2 is 1.42 bits per heavy atom. The van der Waals surface area contributed by atoms with Gasteiger partial charge >= 0.3 is 11.9 Å². The van der Waals surface area contributed by atoms with Gasteiger partial charge in [0.05, 0.1) is 25.3 Å². The van der Waals surface area contributed by atoms with Crippen molar-refractivity contribution in [2.24, 2.45) is 0 Å². The SMILES string of the molecule is COC(=O)c1cc(Nc2ncnc(NNC(=O)c3ccc(C)cc3)c2N)cc(C(=O)OC)c1. The Labute approximate surface area is 189 Å². The monoisotopic (exact) mass is 450 g/mol. The summed E-state index contributed by atoms with van der Waals surface area (Å²) < 4.78 is 9.46. The van der Waals surface area contributed by atoms with E-state index in [1.165, 1.54) is 38.7 Å². The van der Waals surface area contributed by atoms with Gasteiger partial charge < -0.3 is 20.5 Å². The summed E-state index contributed by atoms with van der Waals surface area (Å²) >= 11 is 0. The number of aromatic nitrogens is 2. The molecule has 5 N–H and O–H groups in total. The number of nitrogens with zero attached hydrogens (tertiary/aromatic N) is 2. The van der Waals surface area contributed by atoms with E-state index in [1.54, 1.807) is 12.1 Å². The summed E-state index contributed by atoms with van der Waals surface area (Å²) in [5.41, 5.74) is 13.5. The Balaban J connectivity index is 1.81. The van der Waals surface area contributed by atoms with Crippen molar-refractivity contribution in [2.75, 3.05) is 30.7 Å². The molecule has 0 aliphatic rings. The van der Waals surface area contributed by atoms with E-state index < -0.39 is 11.9 Å². The number of hydrazine groups is 1. The smallest absolute Gasteiger partial charge is 0.337 e. The molecule has 0 fully saturated rings. The van der Waals surface area contributed by atoms with Gasteiger partial charge in [0.2, 0.25) is 0 Å². The highest BCUT2D eigenvalue weighted by atomic mass is 16.5. The van der Waals surface area contributed by atoms with Gasteiger partial charge in [-0.25, -0.2) is 19.6 Å². The number of esters is 2. The highest BCUT2D eigenvalue weighted by molar-refractivity contribution is 5.98. The van der Waals surface area contributed by atoms with Crippen molar-refractivity contribution in [2.45, 2.75) is 6.92 Å². The van der Waals surface area contributed by atoms with Crippen LogP contribution in [-0.4, -0.2) is 42.0 Å². The van der Waals surface area contributed by atoms with Gasteiger partial charge in [-0.15, -0.1) is 0 Å². The maximum atomic E-state index is 12.3. The number of nitrogen functional groups attached to an aromatic ring is 1. The number of methoxy groups -OCH3 is 2. The van der Waals surface area contributed by atoms with Crippen molar-refractivity contribution in [3.05, 3.63) is 71.0 Å². The van der Waals surface area contributed by atoms with Crippen LogP contribution in [0.1, 0.15) is 36.6 Å². The third-order valence-corrected chi connectivity index (χ3v) is 4.53. The Morgan fingerprint density at radius 1 is 0.848 bits per heavy atom. The van der Waals surface area contributed by atoms with Crippen molar-refractivity contribution < 1.29 is 23.9 Å². The maximum absolute atomic E-state index is 12.3. The first-order valence-corrected chi connectivity index (χ1v) is 9.64. The molecule has 2 aromatic carbocycles. The fourth-order valence-electron chi connectivity index (χ4n) is 2.80. The van der Waals surface area contributed by atoms with Crippen LogP contribution in [0.25, 0.3) is 0 Å². The highest BCUT2D eigenvalue weighted by Crippen LogP contribution is 2.27. The first-order valence-electron chi connectivity index (χ1n) is 9.64. The normalized spacial score (nSPS) is 10.2. The van der Waals surface area contributed by atoms with E-state index >= 15 is 0 Å². The molecule has 0 spiro atoms. The predicted molar refractivity (Wildman–Crippen MR) is 121 cm³/mol. The second kappa shape index (κ2) is 10.1. The highest BCUT2D eigenvalue weighted by Gasteiger charge is 2.16. The van der Waals surface area contributed by atoms with E-state index in [2.05, 4.69) is 26.1 Å². The number of anilines is 4. The molecule has 3 aromatic rings. The number of rotatable bonds is 7. The lowest BCUT2D eigenvalue weighted by Crippen LogP contribution is -2.30. The summed E-state index contributed by atoms with van der Waals surface area (Å²) in [6.45, 7) is 1.92. The number of ether oxygens (including phenoxy) is 2. The molecular formula is C22H22N6O5. The van der Waals surface area contributed by atoms with E-state index in [9.17, 15) is 14.4 Å². The van der Waals surface area contributed by atoms with Crippen molar-refractivity contribution in [1.29, 1.82) is 0 Å². The Bertz CT molecular complexity index is 1160. The summed E-state index contributed by atoms with van der Waals surface area (Å²) in [7, 11) is 2.46. The van der Waals surface area contributed by atoms with Crippen molar-refractivity contribution in [1.82, 2.24) is 15.4 Å². The molecule has 0 unspecified atom stereocenters. The number of carbonyl (C=O) groups is 3. The van der Waals surface area contributed by atoms with Crippen LogP contribution in [0.15, 0.2) is 48.8 Å². The minimum atomic E-state index is -0.638. The molecule has 170 valence electrons. The van der Waals surface area contributed by atoms with Crippen molar-refractivity contribution in [3.63, 3.8) is 0 Å². The molecule has 0 saturated heterocycles. The van der Waals surface area contributed by atoms with E-state index in [0.717, 1.165) is 5.56 Å². The molecule has 0 radical (unpaired) electrons. The van der Waals surface area contributed by atoms with Gasteiger partial charge in [-0.3, -0.25) is 15.6 Å². The Morgan fingerprint density at radius 3 is 2.00 bits per heavy atom. The van der Waals surface area contributed by atoms with Crippen LogP contribution in [-0.2, 0) is 9.47 Å². The lowest BCUT2D eigenvalue weighted by molar-refractivity contribution is 0.0599. The molecule has 0 saturated carbocycles. The van der Waals surface area contributed by atoms with Crippen LogP contribution in [0, 0.1) is 6.92 Å². The minimum absolute atomic E-state index is 0.0878. The van der Waals surface area contributed by atoms with Gasteiger partial charge in [-0.1, -0.05) is 17.7 Å². The average molecular weight is 450 g/mol. The van der Waals surface area contributed by atoms with Crippen molar-refractivity contribution >= 4 is 40.9 Å². The van der Waals surface area contributed by atoms with Gasteiger partial charge in [0, 0.05) is 11.3 Å². The van der Waals surface area contributed by atoms with Crippen LogP contribution in [0.5, 0.6) is 0 Å². The number of hydrogen-bond acceptors (Lipinski definition) is 10. The van der Waals surface area contributed by atoms with Crippen LogP contribution >= 0.6 is 0 Å². The number of hydrogen-bond donors (Lipinski definition) is 4. The summed E-state index contributed by atoms with van der Waals surface area (Å²) in [6, 6.07) is 11.3. The van der Waals surface area contributed by atoms with Gasteiger partial charge in [-0.05, 0) is 37.3 Å². The summed E-state index contributed by atoms with van der Waals surface area (Å²) in [5.74, 6) is -1.34. The molecule has 3 rings (SSSR count).